The highest BCUT2D eigenvalue weighted by Gasteiger charge is 2.28. The lowest BCUT2D eigenvalue weighted by Crippen LogP contribution is -2.39. The first-order valence-corrected chi connectivity index (χ1v) is 8.48. The van der Waals surface area contributed by atoms with Crippen LogP contribution < -0.4 is 9.47 Å². The first-order chi connectivity index (χ1) is 11.8. The summed E-state index contributed by atoms with van der Waals surface area (Å²) in [7, 11) is 0. The minimum absolute atomic E-state index is 0.127. The van der Waals surface area contributed by atoms with Gasteiger partial charge in [-0.05, 0) is 37.0 Å². The normalized spacial score (nSPS) is 20.0. The van der Waals surface area contributed by atoms with Gasteiger partial charge in [0.2, 0.25) is 5.91 Å². The van der Waals surface area contributed by atoms with Crippen molar-refractivity contribution in [1.82, 2.24) is 15.1 Å². The number of ether oxygens (including phenoxy) is 2. The van der Waals surface area contributed by atoms with Crippen LogP contribution in [0.15, 0.2) is 30.6 Å². The Morgan fingerprint density at radius 1 is 1.25 bits per heavy atom. The van der Waals surface area contributed by atoms with Crippen molar-refractivity contribution < 1.29 is 14.3 Å². The van der Waals surface area contributed by atoms with Gasteiger partial charge in [0, 0.05) is 18.3 Å². The summed E-state index contributed by atoms with van der Waals surface area (Å²) >= 11 is 0. The second kappa shape index (κ2) is 6.55. The summed E-state index contributed by atoms with van der Waals surface area (Å²) in [4.78, 5) is 14.9. The van der Waals surface area contributed by atoms with E-state index in [0.717, 1.165) is 48.4 Å². The molecular formula is C18H21N3O3. The Hall–Kier alpha value is -2.50. The van der Waals surface area contributed by atoms with E-state index in [4.69, 9.17) is 9.47 Å². The monoisotopic (exact) mass is 327 g/mol. The molecular weight excluding hydrogens is 306 g/mol. The molecule has 1 fully saturated rings. The van der Waals surface area contributed by atoms with Crippen molar-refractivity contribution in [1.29, 1.82) is 0 Å². The number of H-pyrrole nitrogens is 1. The Morgan fingerprint density at radius 3 is 2.96 bits per heavy atom. The SMILES string of the molecule is O=C(Cc1ccc2c(c1)OCCO2)N1CCCCC1c1cn[nH]c1. The van der Waals surface area contributed by atoms with Crippen molar-refractivity contribution >= 4 is 5.91 Å². The van der Waals surface area contributed by atoms with Gasteiger partial charge in [0.25, 0.3) is 0 Å². The van der Waals surface area contributed by atoms with Crippen LogP contribution in [-0.2, 0) is 11.2 Å². The quantitative estimate of drug-likeness (QED) is 0.940. The molecule has 1 aromatic carbocycles. The van der Waals surface area contributed by atoms with E-state index in [-0.39, 0.29) is 11.9 Å². The summed E-state index contributed by atoms with van der Waals surface area (Å²) in [5.41, 5.74) is 2.05. The van der Waals surface area contributed by atoms with Crippen LogP contribution in [-0.4, -0.2) is 40.8 Å². The third-order valence-electron chi connectivity index (χ3n) is 4.69. The van der Waals surface area contributed by atoms with Crippen molar-refractivity contribution in [2.45, 2.75) is 31.7 Å². The van der Waals surface area contributed by atoms with E-state index in [9.17, 15) is 4.79 Å². The molecule has 24 heavy (non-hydrogen) atoms. The molecule has 126 valence electrons. The first kappa shape index (κ1) is 15.1. The number of carbonyl (C=O) groups excluding carboxylic acids is 1. The molecule has 3 heterocycles. The number of aromatic nitrogens is 2. The van der Waals surface area contributed by atoms with Gasteiger partial charge in [-0.25, -0.2) is 0 Å². The van der Waals surface area contributed by atoms with Crippen molar-refractivity contribution in [3.63, 3.8) is 0 Å². The predicted molar refractivity (Wildman–Crippen MR) is 88.0 cm³/mol. The van der Waals surface area contributed by atoms with Crippen molar-refractivity contribution in [2.75, 3.05) is 19.8 Å². The number of nitrogens with one attached hydrogen (secondary N) is 1. The maximum Gasteiger partial charge on any atom is 0.227 e. The lowest BCUT2D eigenvalue weighted by atomic mass is 9.96. The van der Waals surface area contributed by atoms with Crippen LogP contribution in [0.5, 0.6) is 11.5 Å². The molecule has 1 N–H and O–H groups in total. The number of amides is 1. The number of likely N-dealkylation sites (tertiary alicyclic amines) is 1. The fourth-order valence-corrected chi connectivity index (χ4v) is 3.49. The van der Waals surface area contributed by atoms with Gasteiger partial charge in [-0.15, -0.1) is 0 Å². The predicted octanol–water partition coefficient (Wildman–Crippen LogP) is 2.48. The van der Waals surface area contributed by atoms with E-state index in [1.54, 1.807) is 0 Å². The summed E-state index contributed by atoms with van der Waals surface area (Å²) in [6.45, 7) is 1.93. The van der Waals surface area contributed by atoms with Gasteiger partial charge in [-0.2, -0.15) is 5.10 Å². The molecule has 6 nitrogen and oxygen atoms in total. The van der Waals surface area contributed by atoms with Crippen molar-refractivity contribution in [3.8, 4) is 11.5 Å². The zero-order chi connectivity index (χ0) is 16.4. The summed E-state index contributed by atoms with van der Waals surface area (Å²) in [5.74, 6) is 1.64. The fraction of sp³-hybridized carbons (Fsp3) is 0.444. The molecule has 0 radical (unpaired) electrons. The standard InChI is InChI=1S/C18H21N3O3/c22-18(10-13-4-5-16-17(9-13)24-8-7-23-16)21-6-2-1-3-15(21)14-11-19-20-12-14/h4-5,9,11-12,15H,1-3,6-8,10H2,(H,19,20). The maximum absolute atomic E-state index is 12.9. The van der Waals surface area contributed by atoms with Crippen LogP contribution in [0.3, 0.4) is 0 Å². The molecule has 1 saturated heterocycles. The zero-order valence-corrected chi connectivity index (χ0v) is 13.5. The molecule has 1 aromatic heterocycles. The Bertz CT molecular complexity index is 714. The summed E-state index contributed by atoms with van der Waals surface area (Å²) in [6.07, 6.45) is 7.28. The maximum atomic E-state index is 12.9. The van der Waals surface area contributed by atoms with E-state index in [0.29, 0.717) is 19.6 Å². The second-order valence-electron chi connectivity index (χ2n) is 6.29. The molecule has 1 amide bonds. The van der Waals surface area contributed by atoms with Crippen LogP contribution >= 0.6 is 0 Å². The second-order valence-corrected chi connectivity index (χ2v) is 6.29. The zero-order valence-electron chi connectivity index (χ0n) is 13.5. The molecule has 6 heteroatoms. The summed E-state index contributed by atoms with van der Waals surface area (Å²) < 4.78 is 11.1. The van der Waals surface area contributed by atoms with Crippen LogP contribution in [0.2, 0.25) is 0 Å². The number of hydrogen-bond acceptors (Lipinski definition) is 4. The van der Waals surface area contributed by atoms with Gasteiger partial charge in [-0.1, -0.05) is 6.07 Å². The lowest BCUT2D eigenvalue weighted by molar-refractivity contribution is -0.134. The summed E-state index contributed by atoms with van der Waals surface area (Å²) in [5, 5.41) is 6.88. The van der Waals surface area contributed by atoms with Crippen LogP contribution in [0.25, 0.3) is 0 Å². The van der Waals surface area contributed by atoms with Crippen molar-refractivity contribution in [3.05, 3.63) is 41.7 Å². The highest BCUT2D eigenvalue weighted by atomic mass is 16.6. The van der Waals surface area contributed by atoms with Gasteiger partial charge >= 0.3 is 0 Å². The van der Waals surface area contributed by atoms with E-state index < -0.39 is 0 Å². The Balaban J connectivity index is 1.50. The number of nitrogens with zero attached hydrogens (tertiary/aromatic N) is 2. The fourth-order valence-electron chi connectivity index (χ4n) is 3.49. The molecule has 0 aliphatic carbocycles. The Morgan fingerprint density at radius 2 is 2.12 bits per heavy atom. The first-order valence-electron chi connectivity index (χ1n) is 8.48. The largest absolute Gasteiger partial charge is 0.486 e. The molecule has 2 aliphatic rings. The number of carbonyl (C=O) groups is 1. The van der Waals surface area contributed by atoms with Crippen LogP contribution in [0, 0.1) is 0 Å². The van der Waals surface area contributed by atoms with Gasteiger partial charge in [0.05, 0.1) is 18.7 Å². The molecule has 2 aliphatic heterocycles. The number of piperidine rings is 1. The minimum Gasteiger partial charge on any atom is -0.486 e. The molecule has 2 aromatic rings. The molecule has 0 saturated carbocycles. The van der Waals surface area contributed by atoms with Gasteiger partial charge in [-0.3, -0.25) is 9.89 Å². The highest BCUT2D eigenvalue weighted by Crippen LogP contribution is 2.33. The molecule has 0 spiro atoms. The molecule has 4 rings (SSSR count). The van der Waals surface area contributed by atoms with E-state index >= 15 is 0 Å². The summed E-state index contributed by atoms with van der Waals surface area (Å²) in [6, 6.07) is 5.88. The van der Waals surface area contributed by atoms with E-state index in [2.05, 4.69) is 10.2 Å². The van der Waals surface area contributed by atoms with Crippen LogP contribution in [0.1, 0.15) is 36.4 Å². The minimum atomic E-state index is 0.127. The van der Waals surface area contributed by atoms with Gasteiger partial charge in [0.15, 0.2) is 11.5 Å². The third-order valence-corrected chi connectivity index (χ3v) is 4.69. The number of fused-ring (bicyclic) bond motifs is 1. The van der Waals surface area contributed by atoms with Gasteiger partial charge < -0.3 is 14.4 Å². The molecule has 1 unspecified atom stereocenters. The Labute approximate surface area is 140 Å². The molecule has 1 atom stereocenters. The number of rotatable bonds is 3. The number of aromatic amines is 1. The Kier molecular flexibility index (Phi) is 4.11. The van der Waals surface area contributed by atoms with E-state index in [1.807, 2.05) is 35.5 Å². The lowest BCUT2D eigenvalue weighted by Gasteiger charge is -2.35. The topological polar surface area (TPSA) is 67.5 Å². The van der Waals surface area contributed by atoms with Gasteiger partial charge in [0.1, 0.15) is 13.2 Å². The molecule has 0 bridgehead atoms. The van der Waals surface area contributed by atoms with E-state index in [1.165, 1.54) is 0 Å². The highest BCUT2D eigenvalue weighted by molar-refractivity contribution is 5.79. The third kappa shape index (κ3) is 2.96. The van der Waals surface area contributed by atoms with Crippen LogP contribution in [0.4, 0.5) is 0 Å². The number of benzene rings is 1. The smallest absolute Gasteiger partial charge is 0.227 e. The number of hydrogen-bond donors (Lipinski definition) is 1. The average Bonchev–Trinajstić information content (AvgIpc) is 3.16. The average molecular weight is 327 g/mol. The van der Waals surface area contributed by atoms with Crippen molar-refractivity contribution in [2.24, 2.45) is 0 Å².